The topological polar surface area (TPSA) is 176 Å². The minimum Gasteiger partial charge on any atom is -0.504 e. The first-order valence-corrected chi connectivity index (χ1v) is 20.1. The van der Waals surface area contributed by atoms with Crippen LogP contribution in [-0.2, 0) is 30.2 Å². The molecule has 4 atom stereocenters. The summed E-state index contributed by atoms with van der Waals surface area (Å²) in [5.74, 6) is -1.65. The van der Waals surface area contributed by atoms with E-state index in [1.165, 1.54) is 31.1 Å². The monoisotopic (exact) mass is 737 g/mol. The summed E-state index contributed by atoms with van der Waals surface area (Å²) in [4.78, 5) is 67.5. The molecule has 2 aliphatic heterocycles. The number of amides is 5. The number of rotatable bonds is 12. The Kier molecular flexibility index (Phi) is 12.1. The van der Waals surface area contributed by atoms with E-state index < -0.39 is 50.6 Å². The second-order valence-electron chi connectivity index (χ2n) is 15.1. The van der Waals surface area contributed by atoms with Crippen molar-refractivity contribution in [2.75, 3.05) is 17.3 Å². The van der Waals surface area contributed by atoms with Crippen molar-refractivity contribution >= 4 is 49.9 Å². The van der Waals surface area contributed by atoms with Gasteiger partial charge in [-0.15, -0.1) is 0 Å². The number of aromatic hydroxyl groups is 1. The number of methoxy groups -OCH3 is 1. The number of ether oxygens (including phenoxy) is 2. The summed E-state index contributed by atoms with van der Waals surface area (Å²) in [6, 6.07) is 7.17. The van der Waals surface area contributed by atoms with Crippen LogP contribution < -0.4 is 25.6 Å². The normalized spacial score (nSPS) is 18.4. The van der Waals surface area contributed by atoms with Crippen molar-refractivity contribution in [2.45, 2.75) is 104 Å². The van der Waals surface area contributed by atoms with Crippen LogP contribution in [0.15, 0.2) is 48.2 Å². The van der Waals surface area contributed by atoms with Gasteiger partial charge in [0.1, 0.15) is 18.7 Å². The van der Waals surface area contributed by atoms with Crippen LogP contribution in [0, 0.1) is 5.92 Å². The molecule has 2 heterocycles. The summed E-state index contributed by atoms with van der Waals surface area (Å²) in [6.07, 6.45) is 0.974. The van der Waals surface area contributed by atoms with Gasteiger partial charge in [0.05, 0.1) is 24.4 Å². The first-order chi connectivity index (χ1) is 24.3. The number of hydrogen-bond acceptors (Lipinski definition) is 9. The number of carbonyl (C=O) groups is 5. The third-order valence-electron chi connectivity index (χ3n) is 9.80. The Labute approximate surface area is 306 Å². The van der Waals surface area contributed by atoms with Gasteiger partial charge in [-0.05, 0) is 68.1 Å². The van der Waals surface area contributed by atoms with Gasteiger partial charge in [0.2, 0.25) is 18.2 Å². The minimum atomic E-state index is -2.57. The second-order valence-corrected chi connectivity index (χ2v) is 19.9. The Morgan fingerprint density at radius 2 is 1.73 bits per heavy atom. The van der Waals surface area contributed by atoms with Gasteiger partial charge in [0, 0.05) is 18.0 Å². The Balaban J connectivity index is 1.57. The fourth-order valence-electron chi connectivity index (χ4n) is 5.78. The van der Waals surface area contributed by atoms with Crippen LogP contribution in [0.3, 0.4) is 0 Å². The average molecular weight is 738 g/mol. The molecule has 0 saturated heterocycles. The molecule has 4 N–H and O–H groups in total. The molecule has 0 aromatic heterocycles. The zero-order valence-corrected chi connectivity index (χ0v) is 32.5. The number of phenols is 1. The second kappa shape index (κ2) is 15.8. The van der Waals surface area contributed by atoms with Crippen molar-refractivity contribution in [3.8, 4) is 11.5 Å². The number of anilines is 2. The molecule has 0 radical (unpaired) electrons. The number of phenolic OH excluding ortho intramolecular Hbond substituents is 1. The largest absolute Gasteiger partial charge is 0.504 e. The fraction of sp³-hybridized carbons (Fsp3) is 0.486. The molecule has 2 aliphatic rings. The lowest BCUT2D eigenvalue weighted by Gasteiger charge is -2.44. The molecule has 52 heavy (non-hydrogen) atoms. The number of nitrogens with zero attached hydrogens (tertiary/aromatic N) is 2. The molecule has 282 valence electrons. The minimum absolute atomic E-state index is 0.0826. The van der Waals surface area contributed by atoms with Crippen LogP contribution in [0.5, 0.6) is 11.5 Å². The number of hydrogen-bond donors (Lipinski definition) is 4. The maximum atomic E-state index is 14.2. The van der Waals surface area contributed by atoms with Gasteiger partial charge in [-0.3, -0.25) is 19.2 Å². The fourth-order valence-corrected chi connectivity index (χ4v) is 7.00. The summed E-state index contributed by atoms with van der Waals surface area (Å²) in [6.45, 7) is 17.3. The molecule has 14 nitrogen and oxygen atoms in total. The van der Waals surface area contributed by atoms with E-state index in [2.05, 4.69) is 49.8 Å². The summed E-state index contributed by atoms with van der Waals surface area (Å²) in [5, 5.41) is 18.4. The lowest BCUT2D eigenvalue weighted by atomic mass is 10.0. The van der Waals surface area contributed by atoms with Crippen molar-refractivity contribution < 1.29 is 43.0 Å². The van der Waals surface area contributed by atoms with Gasteiger partial charge in [0.15, 0.2) is 26.0 Å². The standard InChI is InChI=1S/C37H51N5O9Si/c1-21(2)31(38-20-43)33(46)39-23(4)32(45)40-25-13-11-24(12-14-25)19-50-36(48)42-27-17-29(44)30(49-8)16-26(27)34(47)41-18-22(3)15-28(41)35(42)51-52(9,10)37(5,6)7/h11-14,16-18,20-21,23,28,31,35,44H,15,19H2,1-10H3,(H,38,43)(H,39,46)(H,40,45)/t23-,28-,31-,35-/m0/s1. The highest BCUT2D eigenvalue weighted by Gasteiger charge is 2.50. The molecule has 0 fully saturated rings. The molecule has 0 bridgehead atoms. The van der Waals surface area contributed by atoms with Crippen molar-refractivity contribution in [2.24, 2.45) is 5.92 Å². The van der Waals surface area contributed by atoms with E-state index in [1.54, 1.807) is 49.2 Å². The molecule has 0 saturated carbocycles. The molecule has 4 rings (SSSR count). The number of fused-ring (bicyclic) bond motifs is 2. The van der Waals surface area contributed by atoms with E-state index in [0.29, 0.717) is 24.1 Å². The zero-order valence-electron chi connectivity index (χ0n) is 31.5. The number of nitrogens with one attached hydrogen (secondary N) is 3. The van der Waals surface area contributed by atoms with Crippen LogP contribution >= 0.6 is 0 Å². The van der Waals surface area contributed by atoms with E-state index in [4.69, 9.17) is 13.9 Å². The van der Waals surface area contributed by atoms with Crippen LogP contribution in [0.4, 0.5) is 16.2 Å². The molecular weight excluding hydrogens is 687 g/mol. The maximum absolute atomic E-state index is 14.2. The van der Waals surface area contributed by atoms with Crippen LogP contribution in [0.25, 0.3) is 0 Å². The van der Waals surface area contributed by atoms with Crippen molar-refractivity contribution in [3.05, 3.63) is 59.3 Å². The van der Waals surface area contributed by atoms with Crippen LogP contribution in [0.2, 0.25) is 18.1 Å². The van der Waals surface area contributed by atoms with E-state index in [0.717, 1.165) is 5.57 Å². The highest BCUT2D eigenvalue weighted by atomic mass is 28.4. The van der Waals surface area contributed by atoms with Gasteiger partial charge in [-0.2, -0.15) is 0 Å². The van der Waals surface area contributed by atoms with Crippen molar-refractivity contribution in [1.29, 1.82) is 0 Å². The van der Waals surface area contributed by atoms with Gasteiger partial charge in [0.25, 0.3) is 5.91 Å². The molecule has 0 aliphatic carbocycles. The molecule has 2 aromatic carbocycles. The Hall–Kier alpha value is -4.89. The summed E-state index contributed by atoms with van der Waals surface area (Å²) < 4.78 is 18.1. The summed E-state index contributed by atoms with van der Waals surface area (Å²) in [5.41, 5.74) is 2.29. The first-order valence-electron chi connectivity index (χ1n) is 17.2. The maximum Gasteiger partial charge on any atom is 0.416 e. The van der Waals surface area contributed by atoms with Crippen LogP contribution in [0.1, 0.15) is 70.8 Å². The third kappa shape index (κ3) is 8.58. The van der Waals surface area contributed by atoms with E-state index in [1.807, 2.05) is 6.92 Å². The Morgan fingerprint density at radius 3 is 2.31 bits per heavy atom. The van der Waals surface area contributed by atoms with Crippen molar-refractivity contribution in [1.82, 2.24) is 15.5 Å². The highest BCUT2D eigenvalue weighted by molar-refractivity contribution is 6.74. The average Bonchev–Trinajstić information content (AvgIpc) is 3.43. The number of carbonyl (C=O) groups excluding carboxylic acids is 5. The van der Waals surface area contributed by atoms with E-state index in [9.17, 15) is 29.1 Å². The number of benzene rings is 2. The molecule has 2 aromatic rings. The molecule has 0 spiro atoms. The third-order valence-corrected chi connectivity index (χ3v) is 14.2. The van der Waals surface area contributed by atoms with Crippen molar-refractivity contribution in [3.63, 3.8) is 0 Å². The Bertz CT molecular complexity index is 1720. The molecule has 5 amide bonds. The van der Waals surface area contributed by atoms with Gasteiger partial charge < -0.3 is 39.9 Å². The summed E-state index contributed by atoms with van der Waals surface area (Å²) >= 11 is 0. The van der Waals surface area contributed by atoms with E-state index in [-0.39, 0.29) is 46.2 Å². The predicted molar refractivity (Wildman–Crippen MR) is 198 cm³/mol. The Morgan fingerprint density at radius 1 is 1.08 bits per heavy atom. The summed E-state index contributed by atoms with van der Waals surface area (Å²) in [7, 11) is -1.19. The van der Waals surface area contributed by atoms with Crippen LogP contribution in [-0.4, -0.2) is 80.0 Å². The molecular formula is C37H51N5O9Si. The molecule has 0 unspecified atom stereocenters. The van der Waals surface area contributed by atoms with E-state index >= 15 is 0 Å². The lowest BCUT2D eigenvalue weighted by Crippen LogP contribution is -2.57. The lowest BCUT2D eigenvalue weighted by molar-refractivity contribution is -0.129. The molecule has 15 heteroatoms. The first kappa shape index (κ1) is 39.9. The highest BCUT2D eigenvalue weighted by Crippen LogP contribution is 2.45. The zero-order chi connectivity index (χ0) is 38.7. The van der Waals surface area contributed by atoms with Gasteiger partial charge in [-0.1, -0.05) is 52.3 Å². The smallest absolute Gasteiger partial charge is 0.416 e. The SMILES string of the molecule is COc1cc2c(cc1O)N(C(=O)OCc1ccc(NC(=O)[C@H](C)NC(=O)[C@@H](NC=O)C(C)C)cc1)[C@@H](O[Si](C)(C)C(C)(C)C)[C@@H]1CC(C)=CN1C2=O. The van der Waals surface area contributed by atoms with Gasteiger partial charge >= 0.3 is 6.09 Å². The quantitative estimate of drug-likeness (QED) is 0.168. The van der Waals surface area contributed by atoms with Gasteiger partial charge in [-0.25, -0.2) is 9.69 Å². The predicted octanol–water partition coefficient (Wildman–Crippen LogP) is 5.24.